The van der Waals surface area contributed by atoms with Crippen LogP contribution in [0.4, 0.5) is 10.8 Å². The number of nitrogens with two attached hydrogens (primary N) is 1. The van der Waals surface area contributed by atoms with Crippen LogP contribution >= 0.6 is 11.3 Å². The monoisotopic (exact) mass is 598 g/mol. The topological polar surface area (TPSA) is 213 Å². The number of primary amides is 1. The second-order valence-corrected chi connectivity index (χ2v) is 11.6. The summed E-state index contributed by atoms with van der Waals surface area (Å²) in [5.41, 5.74) is 2.02. The highest BCUT2D eigenvalue weighted by Crippen LogP contribution is 2.56. The minimum Gasteiger partial charge on any atom is -0.510 e. The molecule has 3 aliphatic carbocycles. The fourth-order valence-corrected chi connectivity index (χ4v) is 7.08. The van der Waals surface area contributed by atoms with Gasteiger partial charge in [0.05, 0.1) is 23.9 Å². The molecule has 222 valence electrons. The zero-order chi connectivity index (χ0) is 30.8. The summed E-state index contributed by atoms with van der Waals surface area (Å²) in [6, 6.07) is 2.13. The molecule has 7 N–H and O–H groups in total. The Kier molecular flexibility index (Phi) is 7.11. The maximum Gasteiger partial charge on any atom is 0.357 e. The van der Waals surface area contributed by atoms with Gasteiger partial charge in [0.1, 0.15) is 17.1 Å². The lowest BCUT2D eigenvalue weighted by Crippen LogP contribution is -2.64. The molecule has 0 saturated heterocycles. The van der Waals surface area contributed by atoms with E-state index in [1.54, 1.807) is 40.1 Å². The predicted octanol–water partition coefficient (Wildman–Crippen LogP) is 2.06. The first-order valence-corrected chi connectivity index (χ1v) is 14.0. The normalized spacial score (nSPS) is 27.0. The molecule has 0 unspecified atom stereocenters. The maximum absolute atomic E-state index is 14.0. The van der Waals surface area contributed by atoms with E-state index in [1.807, 2.05) is 0 Å². The molecule has 0 bridgehead atoms. The van der Waals surface area contributed by atoms with Gasteiger partial charge in [0.2, 0.25) is 5.78 Å². The number of aromatic nitrogens is 1. The molecule has 0 fully saturated rings. The number of benzene rings is 1. The zero-order valence-corrected chi connectivity index (χ0v) is 24.0. The Morgan fingerprint density at radius 1 is 1.24 bits per heavy atom. The number of carbonyl (C=O) groups is 4. The molecule has 0 spiro atoms. The fraction of sp³-hybridized carbons (Fsp3) is 0.393. The van der Waals surface area contributed by atoms with E-state index in [9.17, 15) is 39.6 Å². The number of aliphatic hydroxyl groups is 3. The molecule has 0 saturated carbocycles. The van der Waals surface area contributed by atoms with Crippen molar-refractivity contribution in [1.82, 2.24) is 9.88 Å². The second-order valence-electron chi connectivity index (χ2n) is 10.8. The first-order chi connectivity index (χ1) is 19.7. The van der Waals surface area contributed by atoms with Crippen LogP contribution in [0.25, 0.3) is 0 Å². The molecule has 1 amide bonds. The molecular weight excluding hydrogens is 568 g/mol. The number of rotatable bonds is 6. The Hall–Kier alpha value is -4.27. The highest BCUT2D eigenvalue weighted by molar-refractivity contribution is 7.14. The minimum absolute atomic E-state index is 0.0105. The number of aromatic hydroxyl groups is 1. The lowest BCUT2D eigenvalue weighted by Gasteiger charge is -2.51. The number of esters is 1. The number of amides is 1. The minimum atomic E-state index is -2.72. The van der Waals surface area contributed by atoms with Gasteiger partial charge in [0.25, 0.3) is 5.91 Å². The molecule has 5 rings (SSSR count). The third kappa shape index (κ3) is 4.08. The number of Topliss-reactive ketones (excluding diaryl/α,β-unsaturated/α-hetero) is 2. The standard InChI is InChI=1S/C28H30N4O9S/c1-5-41-26(39)15-9-42-27(31-15)30-14-7-6-11-10(2)12-8-13-19(32(3)4)22(35)18(25(29)38)24(37)28(13,40)23(36)17(12)21(34)16(11)20(14)33/h6-7,9-10,12-13,19,33,35-36,40H,5,8H2,1-4H3,(H2,29,38)(H,30,31)/t10-,12+,13-,19-,28-/m0/s1. The second kappa shape index (κ2) is 10.2. The lowest BCUT2D eigenvalue weighted by atomic mass is 9.56. The van der Waals surface area contributed by atoms with E-state index >= 15 is 0 Å². The lowest BCUT2D eigenvalue weighted by molar-refractivity contribution is -0.148. The van der Waals surface area contributed by atoms with Gasteiger partial charge in [-0.2, -0.15) is 0 Å². The van der Waals surface area contributed by atoms with Crippen molar-refractivity contribution in [3.63, 3.8) is 0 Å². The number of allylic oxidation sites excluding steroid dienone is 1. The Labute approximate surface area is 243 Å². The van der Waals surface area contributed by atoms with Gasteiger partial charge in [0.15, 0.2) is 28.0 Å². The molecule has 14 heteroatoms. The van der Waals surface area contributed by atoms with Gasteiger partial charge in [0, 0.05) is 16.9 Å². The quantitative estimate of drug-likeness (QED) is 0.160. The molecule has 1 heterocycles. The largest absolute Gasteiger partial charge is 0.510 e. The molecule has 1 aromatic heterocycles. The van der Waals surface area contributed by atoms with Gasteiger partial charge in [-0.05, 0) is 50.9 Å². The van der Waals surface area contributed by atoms with Gasteiger partial charge >= 0.3 is 5.97 Å². The Balaban J connectivity index is 1.60. The summed E-state index contributed by atoms with van der Waals surface area (Å²) in [6.45, 7) is 3.62. The molecule has 2 aromatic rings. The number of hydrogen-bond donors (Lipinski definition) is 6. The molecule has 13 nitrogen and oxygen atoms in total. The van der Waals surface area contributed by atoms with Crippen molar-refractivity contribution in [2.75, 3.05) is 26.0 Å². The summed E-state index contributed by atoms with van der Waals surface area (Å²) in [5.74, 6) is -8.31. The first kappa shape index (κ1) is 29.2. The van der Waals surface area contributed by atoms with Crippen molar-refractivity contribution in [3.8, 4) is 5.75 Å². The smallest absolute Gasteiger partial charge is 0.357 e. The molecular formula is C28H30N4O9S. The van der Waals surface area contributed by atoms with Crippen molar-refractivity contribution in [2.45, 2.75) is 37.8 Å². The number of ether oxygens (including phenoxy) is 1. The summed E-state index contributed by atoms with van der Waals surface area (Å²) in [6.07, 6.45) is -0.0105. The van der Waals surface area contributed by atoms with Gasteiger partial charge < -0.3 is 36.2 Å². The van der Waals surface area contributed by atoms with Crippen LogP contribution in [0, 0.1) is 11.8 Å². The van der Waals surface area contributed by atoms with Crippen molar-refractivity contribution in [2.24, 2.45) is 17.6 Å². The summed E-state index contributed by atoms with van der Waals surface area (Å²) >= 11 is 1.08. The van der Waals surface area contributed by atoms with E-state index in [0.29, 0.717) is 5.56 Å². The average molecular weight is 599 g/mol. The van der Waals surface area contributed by atoms with Crippen molar-refractivity contribution >= 4 is 45.6 Å². The maximum atomic E-state index is 14.0. The number of anilines is 2. The van der Waals surface area contributed by atoms with Crippen molar-refractivity contribution in [3.05, 3.63) is 57.0 Å². The molecule has 3 aliphatic rings. The SMILES string of the molecule is CCOC(=O)c1csc(Nc2ccc3c(c2O)C(=O)C2=C(O)[C@]4(O)C(=O)C(C(N)=O)=C(O)[C@@H](N(C)C)[C@@H]4C[C@@H]2[C@H]3C)n1. The Morgan fingerprint density at radius 3 is 2.55 bits per heavy atom. The highest BCUT2D eigenvalue weighted by Gasteiger charge is 2.63. The predicted molar refractivity (Wildman–Crippen MR) is 150 cm³/mol. The summed E-state index contributed by atoms with van der Waals surface area (Å²) in [4.78, 5) is 57.2. The molecule has 42 heavy (non-hydrogen) atoms. The van der Waals surface area contributed by atoms with Crippen molar-refractivity contribution < 1.29 is 44.3 Å². The van der Waals surface area contributed by atoms with E-state index in [4.69, 9.17) is 10.5 Å². The molecule has 5 atom stereocenters. The van der Waals surface area contributed by atoms with E-state index in [2.05, 4.69) is 10.3 Å². The Bertz CT molecular complexity index is 1610. The van der Waals surface area contributed by atoms with Gasteiger partial charge in [-0.25, -0.2) is 9.78 Å². The van der Waals surface area contributed by atoms with Crippen LogP contribution in [0.3, 0.4) is 0 Å². The Morgan fingerprint density at radius 2 is 1.93 bits per heavy atom. The van der Waals surface area contributed by atoms with E-state index in [1.165, 1.54) is 10.3 Å². The number of hydrogen-bond acceptors (Lipinski definition) is 13. The van der Waals surface area contributed by atoms with E-state index in [-0.39, 0.29) is 40.7 Å². The number of nitrogens with one attached hydrogen (secondary N) is 1. The van der Waals surface area contributed by atoms with Crippen LogP contribution in [0.2, 0.25) is 0 Å². The summed E-state index contributed by atoms with van der Waals surface area (Å²) in [5, 5.41) is 50.0. The number of likely N-dealkylation sites (N-methyl/N-ethyl adjacent to an activating group) is 1. The van der Waals surface area contributed by atoms with Crippen LogP contribution in [-0.2, 0) is 14.3 Å². The van der Waals surface area contributed by atoms with E-state index < -0.39 is 75.7 Å². The van der Waals surface area contributed by atoms with Gasteiger partial charge in [-0.1, -0.05) is 13.0 Å². The van der Waals surface area contributed by atoms with Crippen molar-refractivity contribution in [1.29, 1.82) is 0 Å². The third-order valence-corrected chi connectivity index (χ3v) is 9.09. The zero-order valence-electron chi connectivity index (χ0n) is 23.2. The van der Waals surface area contributed by atoms with Gasteiger partial charge in [-0.3, -0.25) is 19.3 Å². The number of aliphatic hydroxyl groups excluding tert-OH is 2. The number of phenolic OH excluding ortho intramolecular Hbond substituents is 1. The summed E-state index contributed by atoms with van der Waals surface area (Å²) in [7, 11) is 3.14. The van der Waals surface area contributed by atoms with Crippen LogP contribution in [-0.4, -0.2) is 86.1 Å². The van der Waals surface area contributed by atoms with E-state index in [0.717, 1.165) is 11.3 Å². The summed E-state index contributed by atoms with van der Waals surface area (Å²) < 4.78 is 4.94. The van der Waals surface area contributed by atoms with Crippen LogP contribution in [0.5, 0.6) is 5.75 Å². The number of thiazole rings is 1. The molecule has 0 radical (unpaired) electrons. The number of phenols is 1. The number of carbonyl (C=O) groups excluding carboxylic acids is 4. The van der Waals surface area contributed by atoms with Gasteiger partial charge in [-0.15, -0.1) is 11.3 Å². The fourth-order valence-electron chi connectivity index (χ4n) is 6.39. The van der Waals surface area contributed by atoms with Crippen LogP contribution in [0.1, 0.15) is 52.6 Å². The molecule has 0 aliphatic heterocycles. The molecule has 1 aromatic carbocycles. The number of nitrogens with zero attached hydrogens (tertiary/aromatic N) is 2. The average Bonchev–Trinajstić information content (AvgIpc) is 3.39. The van der Waals surface area contributed by atoms with Crippen LogP contribution in [0.15, 0.2) is 40.2 Å². The number of fused-ring (bicyclic) bond motifs is 3. The third-order valence-electron chi connectivity index (χ3n) is 8.33. The first-order valence-electron chi connectivity index (χ1n) is 13.2. The van der Waals surface area contributed by atoms with Crippen LogP contribution < -0.4 is 11.1 Å². The highest BCUT2D eigenvalue weighted by atomic mass is 32.1. The number of ketones is 2.